The maximum absolute atomic E-state index is 12.1. The molecule has 110 valence electrons. The number of carbonyl (C=O) groups excluding carboxylic acids is 1. The fourth-order valence-corrected chi connectivity index (χ4v) is 3.15. The van der Waals surface area contributed by atoms with Crippen molar-refractivity contribution in [2.24, 2.45) is 17.3 Å². The van der Waals surface area contributed by atoms with Crippen LogP contribution in [0.15, 0.2) is 0 Å². The molecule has 1 aliphatic carbocycles. The van der Waals surface area contributed by atoms with Crippen LogP contribution < -0.4 is 5.32 Å². The van der Waals surface area contributed by atoms with E-state index in [1.54, 1.807) is 13.8 Å². The average molecular weight is 297 g/mol. The van der Waals surface area contributed by atoms with E-state index in [2.05, 4.69) is 15.5 Å². The van der Waals surface area contributed by atoms with Crippen molar-refractivity contribution < 1.29 is 14.7 Å². The quantitative estimate of drug-likeness (QED) is 0.891. The third kappa shape index (κ3) is 2.54. The van der Waals surface area contributed by atoms with Gasteiger partial charge in [-0.3, -0.25) is 9.59 Å². The van der Waals surface area contributed by atoms with Gasteiger partial charge < -0.3 is 10.4 Å². The lowest BCUT2D eigenvalue weighted by atomic mass is 9.98. The molecule has 1 fully saturated rings. The number of carboxylic acids is 1. The standard InChI is InChI=1S/C13H19N3O3S/c1-12(2,3)10-15-16-11(20-10)14-8(17)6-7(9(18)19)13(6,4)5/h6-7H,1-5H3,(H,18,19)(H,14,16,17). The second-order valence-electron chi connectivity index (χ2n) is 6.77. The molecule has 1 aliphatic rings. The van der Waals surface area contributed by atoms with Crippen LogP contribution in [-0.4, -0.2) is 27.2 Å². The summed E-state index contributed by atoms with van der Waals surface area (Å²) in [5, 5.41) is 21.0. The zero-order valence-electron chi connectivity index (χ0n) is 12.2. The Bertz CT molecular complexity index is 559. The van der Waals surface area contributed by atoms with Crippen LogP contribution in [0.5, 0.6) is 0 Å². The minimum atomic E-state index is -0.928. The monoisotopic (exact) mass is 297 g/mol. The average Bonchev–Trinajstić information content (AvgIpc) is 2.67. The third-order valence-electron chi connectivity index (χ3n) is 3.67. The van der Waals surface area contributed by atoms with Crippen molar-refractivity contribution in [3.05, 3.63) is 5.01 Å². The zero-order valence-corrected chi connectivity index (χ0v) is 13.0. The van der Waals surface area contributed by atoms with Crippen LogP contribution in [0.4, 0.5) is 5.13 Å². The Hall–Kier alpha value is -1.50. The summed E-state index contributed by atoms with van der Waals surface area (Å²) in [6.07, 6.45) is 0. The summed E-state index contributed by atoms with van der Waals surface area (Å²) in [5.74, 6) is -2.36. The van der Waals surface area contributed by atoms with Crippen LogP contribution in [-0.2, 0) is 15.0 Å². The number of carboxylic acid groups (broad SMARTS) is 1. The summed E-state index contributed by atoms with van der Waals surface area (Å²) in [6.45, 7) is 9.63. The van der Waals surface area contributed by atoms with E-state index in [0.29, 0.717) is 5.13 Å². The van der Waals surface area contributed by atoms with E-state index in [4.69, 9.17) is 5.11 Å². The smallest absolute Gasteiger partial charge is 0.307 e. The lowest BCUT2D eigenvalue weighted by Gasteiger charge is -2.12. The van der Waals surface area contributed by atoms with E-state index in [1.807, 2.05) is 20.8 Å². The molecular weight excluding hydrogens is 278 g/mol. The first-order valence-corrected chi connectivity index (χ1v) is 7.24. The molecule has 1 saturated carbocycles. The van der Waals surface area contributed by atoms with Gasteiger partial charge in [-0.1, -0.05) is 46.0 Å². The molecule has 0 bridgehead atoms. The number of hydrogen-bond acceptors (Lipinski definition) is 5. The highest BCUT2D eigenvalue weighted by atomic mass is 32.1. The molecule has 20 heavy (non-hydrogen) atoms. The van der Waals surface area contributed by atoms with Gasteiger partial charge in [0.2, 0.25) is 11.0 Å². The normalized spacial score (nSPS) is 24.2. The number of amides is 1. The molecule has 0 radical (unpaired) electrons. The topological polar surface area (TPSA) is 92.2 Å². The van der Waals surface area contributed by atoms with E-state index in [-0.39, 0.29) is 11.3 Å². The number of aliphatic carboxylic acids is 1. The van der Waals surface area contributed by atoms with Crippen molar-refractivity contribution in [3.8, 4) is 0 Å². The fraction of sp³-hybridized carbons (Fsp3) is 0.692. The van der Waals surface area contributed by atoms with Gasteiger partial charge in [-0.15, -0.1) is 10.2 Å². The van der Waals surface area contributed by atoms with Crippen molar-refractivity contribution in [2.45, 2.75) is 40.0 Å². The van der Waals surface area contributed by atoms with Gasteiger partial charge in [0.1, 0.15) is 5.01 Å². The fourth-order valence-electron chi connectivity index (χ4n) is 2.35. The molecule has 7 heteroatoms. The van der Waals surface area contributed by atoms with Gasteiger partial charge in [-0.25, -0.2) is 0 Å². The van der Waals surface area contributed by atoms with Crippen LogP contribution in [0, 0.1) is 17.3 Å². The van der Waals surface area contributed by atoms with Crippen LogP contribution in [0.3, 0.4) is 0 Å². The van der Waals surface area contributed by atoms with Gasteiger partial charge in [0.15, 0.2) is 0 Å². The number of carbonyl (C=O) groups is 2. The molecule has 0 aliphatic heterocycles. The second-order valence-corrected chi connectivity index (χ2v) is 7.74. The second kappa shape index (κ2) is 4.51. The molecule has 1 heterocycles. The Kier molecular flexibility index (Phi) is 3.36. The number of hydrogen-bond donors (Lipinski definition) is 2. The summed E-state index contributed by atoms with van der Waals surface area (Å²) in [5.41, 5.74) is -0.628. The highest BCUT2D eigenvalue weighted by molar-refractivity contribution is 7.15. The molecule has 6 nitrogen and oxygen atoms in total. The molecule has 0 aromatic carbocycles. The lowest BCUT2D eigenvalue weighted by molar-refractivity contribution is -0.140. The van der Waals surface area contributed by atoms with Crippen LogP contribution in [0.2, 0.25) is 0 Å². The molecule has 2 rings (SSSR count). The molecule has 2 unspecified atom stereocenters. The Labute approximate surface area is 121 Å². The van der Waals surface area contributed by atoms with Crippen molar-refractivity contribution in [2.75, 3.05) is 5.32 Å². The molecule has 1 aromatic rings. The van der Waals surface area contributed by atoms with Gasteiger partial charge >= 0.3 is 5.97 Å². The van der Waals surface area contributed by atoms with Crippen molar-refractivity contribution in [1.82, 2.24) is 10.2 Å². The minimum Gasteiger partial charge on any atom is -0.481 e. The molecule has 1 aromatic heterocycles. The SMILES string of the molecule is CC(C)(C)c1nnc(NC(=O)C2C(C(=O)O)C2(C)C)s1. The third-order valence-corrected chi connectivity index (χ3v) is 4.94. The molecule has 2 N–H and O–H groups in total. The maximum Gasteiger partial charge on any atom is 0.307 e. The number of nitrogens with one attached hydrogen (secondary N) is 1. The van der Waals surface area contributed by atoms with Crippen molar-refractivity contribution in [3.63, 3.8) is 0 Å². The number of anilines is 1. The van der Waals surface area contributed by atoms with Gasteiger partial charge in [0, 0.05) is 5.41 Å². The van der Waals surface area contributed by atoms with Crippen LogP contribution in [0.25, 0.3) is 0 Å². The molecular formula is C13H19N3O3S. The first-order valence-electron chi connectivity index (χ1n) is 6.43. The van der Waals surface area contributed by atoms with Crippen molar-refractivity contribution in [1.29, 1.82) is 0 Å². The van der Waals surface area contributed by atoms with E-state index in [0.717, 1.165) is 5.01 Å². The lowest BCUT2D eigenvalue weighted by Crippen LogP contribution is -2.17. The predicted molar refractivity (Wildman–Crippen MR) is 75.6 cm³/mol. The number of aromatic nitrogens is 2. The minimum absolute atomic E-state index is 0.122. The highest BCUT2D eigenvalue weighted by Crippen LogP contribution is 2.58. The number of rotatable bonds is 3. The largest absolute Gasteiger partial charge is 0.481 e. The Morgan fingerprint density at radius 1 is 1.25 bits per heavy atom. The Balaban J connectivity index is 2.07. The summed E-state index contributed by atoms with van der Waals surface area (Å²) >= 11 is 1.32. The predicted octanol–water partition coefficient (Wildman–Crippen LogP) is 2.13. The van der Waals surface area contributed by atoms with E-state index >= 15 is 0 Å². The molecule has 0 spiro atoms. The highest BCUT2D eigenvalue weighted by Gasteiger charge is 2.66. The van der Waals surface area contributed by atoms with E-state index in [1.165, 1.54) is 11.3 Å². The summed E-state index contributed by atoms with van der Waals surface area (Å²) in [4.78, 5) is 23.2. The van der Waals surface area contributed by atoms with E-state index in [9.17, 15) is 9.59 Å². The first-order chi connectivity index (χ1) is 9.05. The van der Waals surface area contributed by atoms with Gasteiger partial charge in [-0.05, 0) is 5.41 Å². The summed E-state index contributed by atoms with van der Waals surface area (Å²) in [6, 6.07) is 0. The Morgan fingerprint density at radius 3 is 2.25 bits per heavy atom. The first kappa shape index (κ1) is 14.9. The summed E-state index contributed by atoms with van der Waals surface area (Å²) < 4.78 is 0. The molecule has 1 amide bonds. The molecule has 0 saturated heterocycles. The maximum atomic E-state index is 12.1. The zero-order chi connectivity index (χ0) is 15.3. The van der Waals surface area contributed by atoms with Crippen LogP contribution >= 0.6 is 11.3 Å². The summed E-state index contributed by atoms with van der Waals surface area (Å²) in [7, 11) is 0. The van der Waals surface area contributed by atoms with E-state index < -0.39 is 23.2 Å². The molecule has 2 atom stereocenters. The van der Waals surface area contributed by atoms with Gasteiger partial charge in [0.05, 0.1) is 11.8 Å². The van der Waals surface area contributed by atoms with Crippen molar-refractivity contribution >= 4 is 28.3 Å². The van der Waals surface area contributed by atoms with Crippen LogP contribution in [0.1, 0.15) is 39.6 Å². The number of nitrogens with zero attached hydrogens (tertiary/aromatic N) is 2. The van der Waals surface area contributed by atoms with Gasteiger partial charge in [0.25, 0.3) is 0 Å². The van der Waals surface area contributed by atoms with Gasteiger partial charge in [-0.2, -0.15) is 0 Å². The Morgan fingerprint density at radius 2 is 1.85 bits per heavy atom.